The van der Waals surface area contributed by atoms with E-state index in [0.717, 1.165) is 54.1 Å². The highest BCUT2D eigenvalue weighted by Crippen LogP contribution is 2.41. The molecule has 12 unspecified atom stereocenters. The molecule has 0 spiro atoms. The van der Waals surface area contributed by atoms with Crippen molar-refractivity contribution in [1.29, 1.82) is 0 Å². The van der Waals surface area contributed by atoms with Crippen molar-refractivity contribution < 1.29 is 195 Å². The molecule has 2 saturated carbocycles. The number of rotatable bonds is 59. The molecule has 6 aliphatic rings. The van der Waals surface area contributed by atoms with E-state index in [4.69, 9.17) is 71.1 Å². The standard InChI is InChI=1S/C89H145N7O40/c1-6-7-8-13-22-65(101)92-31-34-126-50-38-48(80(116)95-29-20-11-16-23-63(99)90-27-18-9-14-25-66(102)93-32-35-127-86-76(112)74(110)70(106)61(135-86)46-129-55-40-51(82(118)122-2)53(84(120)124-4)42-57(55)131-88-78(114)72(108)68(104)59(44-97)133-88)37-49(39-50)81(117)96-30-21-12-17-24-64(100)91-28-19-10-15-26-67(103)94-33-36-128-87-77(113)75(111)71(107)62(136-87)47-130-56-41-52(83(119)123-3)54(85(121)125-5)43-58(56)132-89-79(115)73(109)69(105)60(45-98)134-89/h37-39,51-62,68-79,86-89,97-98,104-115H,6-36,40-47H2,1-5H3,(H,90,99)(H,91,100)(H,92,101)(H,93,102)(H,94,103)(H,95,116)(H,96,117)/t51?,52?,53-,54-,55-,56-,57?,58?,59?,60?,61?,62?,68+,69+,70+,71+,72-,73-,74-,75-,76?,77?,78?,79?,86-,87-,88-,89+/m0/s1. The molecule has 47 heteroatoms. The zero-order valence-corrected chi connectivity index (χ0v) is 77.9. The van der Waals surface area contributed by atoms with Crippen LogP contribution in [0.4, 0.5) is 0 Å². The van der Waals surface area contributed by atoms with Gasteiger partial charge in [0.15, 0.2) is 25.2 Å². The van der Waals surface area contributed by atoms with Gasteiger partial charge in [-0.25, -0.2) is 0 Å². The first-order chi connectivity index (χ1) is 65.2. The van der Waals surface area contributed by atoms with Crippen molar-refractivity contribution in [2.24, 2.45) is 23.7 Å². The molecule has 4 saturated heterocycles. The van der Waals surface area contributed by atoms with E-state index in [1.54, 1.807) is 0 Å². The number of carbonyl (C=O) groups excluding carboxylic acids is 11. The van der Waals surface area contributed by atoms with Gasteiger partial charge >= 0.3 is 23.9 Å². The molecule has 1 aromatic rings. The Balaban J connectivity index is 0.732. The Morgan fingerprint density at radius 3 is 0.904 bits per heavy atom. The minimum Gasteiger partial charge on any atom is -0.492 e. The van der Waals surface area contributed by atoms with Crippen molar-refractivity contribution in [2.75, 3.05) is 121 Å². The molecule has 2 aliphatic carbocycles. The third-order valence-corrected chi connectivity index (χ3v) is 24.7. The van der Waals surface area contributed by atoms with E-state index in [1.165, 1.54) is 18.2 Å². The fourth-order valence-electron chi connectivity index (χ4n) is 16.7. The minimum atomic E-state index is -1.85. The van der Waals surface area contributed by atoms with E-state index < -0.39 is 233 Å². The number of unbranched alkanes of at least 4 members (excludes halogenated alkanes) is 11. The van der Waals surface area contributed by atoms with Crippen LogP contribution in [0.15, 0.2) is 18.2 Å². The summed E-state index contributed by atoms with van der Waals surface area (Å²) in [6.45, 7) is 0.501. The third-order valence-electron chi connectivity index (χ3n) is 24.7. The fourth-order valence-corrected chi connectivity index (χ4v) is 16.7. The Labute approximate surface area is 788 Å². The van der Waals surface area contributed by atoms with Crippen LogP contribution >= 0.6 is 0 Å². The lowest BCUT2D eigenvalue weighted by atomic mass is 9.76. The molecule has 0 bridgehead atoms. The normalized spacial score (nSPS) is 30.6. The Bertz CT molecular complexity index is 3590. The zero-order chi connectivity index (χ0) is 99.5. The maximum atomic E-state index is 13.6. The van der Waals surface area contributed by atoms with Crippen molar-refractivity contribution >= 4 is 65.2 Å². The van der Waals surface area contributed by atoms with Crippen LogP contribution in [0, 0.1) is 23.7 Å². The van der Waals surface area contributed by atoms with Gasteiger partial charge in [-0.05, 0) is 102 Å². The first kappa shape index (κ1) is 115. The molecule has 0 radical (unpaired) electrons. The van der Waals surface area contributed by atoms with E-state index >= 15 is 0 Å². The monoisotopic (exact) mass is 1950 g/mol. The summed E-state index contributed by atoms with van der Waals surface area (Å²) < 4.78 is 84.0. The largest absolute Gasteiger partial charge is 0.492 e. The van der Waals surface area contributed by atoms with Crippen molar-refractivity contribution in [3.05, 3.63) is 29.3 Å². The maximum absolute atomic E-state index is 13.6. The topological polar surface area (TPSA) is 694 Å². The van der Waals surface area contributed by atoms with Gasteiger partial charge < -0.3 is 180 Å². The van der Waals surface area contributed by atoms with Gasteiger partial charge in [0.05, 0.1) is 123 Å². The molecule has 136 heavy (non-hydrogen) atoms. The van der Waals surface area contributed by atoms with Gasteiger partial charge in [0, 0.05) is 82.5 Å². The summed E-state index contributed by atoms with van der Waals surface area (Å²) in [5, 5.41) is 167. The smallest absolute Gasteiger partial charge is 0.309 e. The van der Waals surface area contributed by atoms with E-state index in [2.05, 4.69) is 44.1 Å². The molecule has 7 rings (SSSR count). The number of benzene rings is 1. The molecular weight excluding hydrogens is 1810 g/mol. The number of methoxy groups -OCH3 is 4. The van der Waals surface area contributed by atoms with Crippen LogP contribution in [0.5, 0.6) is 5.75 Å². The Kier molecular flexibility index (Phi) is 51.7. The molecule has 28 atom stereocenters. The Hall–Kier alpha value is -7.77. The molecular formula is C89H145N7O40. The highest BCUT2D eigenvalue weighted by atomic mass is 16.7. The van der Waals surface area contributed by atoms with Crippen molar-refractivity contribution in [3.8, 4) is 5.75 Å². The maximum Gasteiger partial charge on any atom is 0.309 e. The summed E-state index contributed by atoms with van der Waals surface area (Å²) in [4.78, 5) is 142. The first-order valence-electron chi connectivity index (χ1n) is 47.0. The van der Waals surface area contributed by atoms with Gasteiger partial charge in [0.1, 0.15) is 110 Å². The summed E-state index contributed by atoms with van der Waals surface area (Å²) in [6, 6.07) is 4.46. The fraction of sp³-hybridized carbons (Fsp3) is 0.809. The van der Waals surface area contributed by atoms with Crippen LogP contribution in [0.3, 0.4) is 0 Å². The molecule has 0 aromatic heterocycles. The van der Waals surface area contributed by atoms with Gasteiger partial charge in [0.25, 0.3) is 11.8 Å². The number of amides is 7. The van der Waals surface area contributed by atoms with E-state index in [-0.39, 0.29) is 150 Å². The molecule has 776 valence electrons. The molecule has 1 aromatic carbocycles. The van der Waals surface area contributed by atoms with Crippen LogP contribution in [-0.2, 0) is 109 Å². The lowest BCUT2D eigenvalue weighted by Crippen LogP contribution is -2.61. The number of nitrogens with one attached hydrogen (secondary N) is 7. The van der Waals surface area contributed by atoms with Crippen molar-refractivity contribution in [1.82, 2.24) is 37.2 Å². The van der Waals surface area contributed by atoms with E-state index in [0.29, 0.717) is 96.6 Å². The number of hydrogen-bond acceptors (Lipinski definition) is 40. The van der Waals surface area contributed by atoms with Crippen LogP contribution in [-0.4, -0.2) is 404 Å². The number of aliphatic hydroxyl groups excluding tert-OH is 14. The first-order valence-corrected chi connectivity index (χ1v) is 47.0. The third kappa shape index (κ3) is 36.4. The zero-order valence-electron chi connectivity index (χ0n) is 77.9. The van der Waals surface area contributed by atoms with Crippen molar-refractivity contribution in [2.45, 2.75) is 315 Å². The average molecular weight is 1950 g/mol. The number of hydrogen-bond donors (Lipinski definition) is 21. The number of carbonyl (C=O) groups is 11. The van der Waals surface area contributed by atoms with Crippen LogP contribution in [0.2, 0.25) is 0 Å². The summed E-state index contributed by atoms with van der Waals surface area (Å²) in [7, 11) is 4.44. The second-order valence-corrected chi connectivity index (χ2v) is 34.6. The Morgan fingerprint density at radius 1 is 0.309 bits per heavy atom. The van der Waals surface area contributed by atoms with E-state index in [9.17, 15) is 124 Å². The summed E-state index contributed by atoms with van der Waals surface area (Å²) in [5.41, 5.74) is 0.317. The molecule has 21 N–H and O–H groups in total. The molecule has 6 fully saturated rings. The average Bonchev–Trinajstić information content (AvgIpc) is 0.782. The van der Waals surface area contributed by atoms with Gasteiger partial charge in [0.2, 0.25) is 29.5 Å². The highest BCUT2D eigenvalue weighted by Gasteiger charge is 2.55. The van der Waals surface area contributed by atoms with Gasteiger partial charge in [-0.3, -0.25) is 52.7 Å². The molecule has 4 heterocycles. The SMILES string of the molecule is CCCCCCC(=O)NCCOc1cc(C(=O)NCCCCCC(=O)NCCCCCC(=O)NCCO[C@H]2OC(CO[C@H]3CC(C(=O)OC)[C@@H](C(=O)OC)CC3O[C@@H]3OC(CO)[C@@H](O)[C@H](O)C3O)[C@@H](O)[C@H](O)C2O)cc(C(=O)NCCCCCC(=O)NCCCCCC(=O)NCCO[C@H]2OC(CO[C@H]3CC(C(=O)OC)[C@@H](C(=O)OC)CC3O[C@H]3OC(CO)[C@@H](O)[C@H](O)C3O)[C@@H](O)[C@H](O)C2O)c1. The van der Waals surface area contributed by atoms with Crippen LogP contribution in [0.25, 0.3) is 0 Å². The van der Waals surface area contributed by atoms with Crippen LogP contribution in [0.1, 0.15) is 188 Å². The van der Waals surface area contributed by atoms with E-state index in [1.807, 2.05) is 0 Å². The lowest BCUT2D eigenvalue weighted by molar-refractivity contribution is -0.326. The van der Waals surface area contributed by atoms with Gasteiger partial charge in [-0.2, -0.15) is 0 Å². The Morgan fingerprint density at radius 2 is 0.588 bits per heavy atom. The predicted molar refractivity (Wildman–Crippen MR) is 467 cm³/mol. The summed E-state index contributed by atoms with van der Waals surface area (Å²) >= 11 is 0. The van der Waals surface area contributed by atoms with Crippen LogP contribution < -0.4 is 42.0 Å². The number of aliphatic hydroxyl groups is 14. The summed E-state index contributed by atoms with van der Waals surface area (Å²) in [5.74, 6) is -9.58. The number of ether oxygens (including phenoxy) is 15. The summed E-state index contributed by atoms with van der Waals surface area (Å²) in [6.07, 6.45) is -27.5. The molecule has 4 aliphatic heterocycles. The number of esters is 4. The second-order valence-electron chi connectivity index (χ2n) is 34.6. The molecule has 47 nitrogen and oxygen atoms in total. The highest BCUT2D eigenvalue weighted by molar-refractivity contribution is 6.00. The quantitative estimate of drug-likeness (QED) is 0.0165. The van der Waals surface area contributed by atoms with Gasteiger partial charge in [-0.15, -0.1) is 0 Å². The lowest BCUT2D eigenvalue weighted by Gasteiger charge is -2.45. The van der Waals surface area contributed by atoms with Gasteiger partial charge in [-0.1, -0.05) is 51.9 Å². The minimum absolute atomic E-state index is 0.0416. The second kappa shape index (κ2) is 61.0. The predicted octanol–water partition coefficient (Wildman–Crippen LogP) is -5.15. The molecule has 7 amide bonds. The van der Waals surface area contributed by atoms with Crippen molar-refractivity contribution in [3.63, 3.8) is 0 Å².